The monoisotopic (exact) mass is 190 g/mol. The normalized spacial score (nSPS) is 23.1. The zero-order valence-electron chi connectivity index (χ0n) is 8.36. The third kappa shape index (κ3) is 1.05. The Bertz CT molecular complexity index is 352. The van der Waals surface area contributed by atoms with Gasteiger partial charge < -0.3 is 9.64 Å². The van der Waals surface area contributed by atoms with Gasteiger partial charge in [-0.2, -0.15) is 0 Å². The zero-order valence-corrected chi connectivity index (χ0v) is 8.36. The Morgan fingerprint density at radius 1 is 1.43 bits per heavy atom. The molecule has 1 spiro atoms. The molecule has 2 saturated heterocycles. The second kappa shape index (κ2) is 2.70. The fraction of sp³-hybridized carbons (Fsp3) is 0.545. The van der Waals surface area contributed by atoms with Gasteiger partial charge in [-0.05, 0) is 18.6 Å². The molecule has 0 atom stereocenters. The van der Waals surface area contributed by atoms with Gasteiger partial charge in [0, 0.05) is 31.2 Å². The Morgan fingerprint density at radius 2 is 2.21 bits per heavy atom. The second-order valence-electron chi connectivity index (χ2n) is 4.51. The molecule has 3 nitrogen and oxygen atoms in total. The SMILES string of the molecule is Cc1cnccc1N1CC2(COC2)C1. The van der Waals surface area contributed by atoms with Crippen molar-refractivity contribution in [2.45, 2.75) is 6.92 Å². The van der Waals surface area contributed by atoms with E-state index in [0.717, 1.165) is 26.3 Å². The summed E-state index contributed by atoms with van der Waals surface area (Å²) in [7, 11) is 0. The molecule has 0 amide bonds. The molecule has 0 aromatic carbocycles. The van der Waals surface area contributed by atoms with Crippen LogP contribution in [-0.2, 0) is 4.74 Å². The Kier molecular flexibility index (Phi) is 1.59. The highest BCUT2D eigenvalue weighted by molar-refractivity contribution is 5.54. The van der Waals surface area contributed by atoms with Gasteiger partial charge >= 0.3 is 0 Å². The van der Waals surface area contributed by atoms with Crippen molar-refractivity contribution in [3.63, 3.8) is 0 Å². The van der Waals surface area contributed by atoms with E-state index in [1.807, 2.05) is 12.4 Å². The summed E-state index contributed by atoms with van der Waals surface area (Å²) in [5.74, 6) is 0. The Labute approximate surface area is 83.7 Å². The number of rotatable bonds is 1. The summed E-state index contributed by atoms with van der Waals surface area (Å²) < 4.78 is 5.26. The van der Waals surface area contributed by atoms with E-state index in [0.29, 0.717) is 5.41 Å². The van der Waals surface area contributed by atoms with Gasteiger partial charge in [-0.1, -0.05) is 0 Å². The summed E-state index contributed by atoms with van der Waals surface area (Å²) in [6, 6.07) is 2.10. The largest absolute Gasteiger partial charge is 0.380 e. The molecule has 2 aliphatic heterocycles. The van der Waals surface area contributed by atoms with Crippen LogP contribution < -0.4 is 4.90 Å². The van der Waals surface area contributed by atoms with Crippen molar-refractivity contribution in [3.05, 3.63) is 24.0 Å². The summed E-state index contributed by atoms with van der Waals surface area (Å²) in [5, 5.41) is 0. The van der Waals surface area contributed by atoms with Crippen LogP contribution in [0.4, 0.5) is 5.69 Å². The minimum atomic E-state index is 0.496. The van der Waals surface area contributed by atoms with Crippen molar-refractivity contribution in [2.75, 3.05) is 31.2 Å². The lowest BCUT2D eigenvalue weighted by Crippen LogP contribution is -2.66. The van der Waals surface area contributed by atoms with Crippen LogP contribution in [0.2, 0.25) is 0 Å². The average Bonchev–Trinajstić information content (AvgIpc) is 2.03. The first kappa shape index (κ1) is 8.24. The maximum atomic E-state index is 5.26. The quantitative estimate of drug-likeness (QED) is 0.666. The summed E-state index contributed by atoms with van der Waals surface area (Å²) in [6.07, 6.45) is 3.79. The van der Waals surface area contributed by atoms with Gasteiger partial charge in [-0.15, -0.1) is 0 Å². The zero-order chi connectivity index (χ0) is 9.60. The van der Waals surface area contributed by atoms with Crippen LogP contribution in [0.3, 0.4) is 0 Å². The Morgan fingerprint density at radius 3 is 2.79 bits per heavy atom. The number of aryl methyl sites for hydroxylation is 1. The molecule has 0 saturated carbocycles. The topological polar surface area (TPSA) is 25.4 Å². The van der Waals surface area contributed by atoms with Crippen molar-refractivity contribution >= 4 is 5.69 Å². The molecular formula is C11H14N2O. The number of anilines is 1. The van der Waals surface area contributed by atoms with E-state index in [1.54, 1.807) is 0 Å². The van der Waals surface area contributed by atoms with Crippen LogP contribution in [0.25, 0.3) is 0 Å². The minimum absolute atomic E-state index is 0.496. The predicted octanol–water partition coefficient (Wildman–Crippen LogP) is 1.23. The second-order valence-corrected chi connectivity index (χ2v) is 4.51. The van der Waals surface area contributed by atoms with Crippen LogP contribution in [0.15, 0.2) is 18.5 Å². The van der Waals surface area contributed by atoms with Gasteiger partial charge in [-0.3, -0.25) is 4.98 Å². The molecule has 1 aromatic heterocycles. The number of hydrogen-bond donors (Lipinski definition) is 0. The van der Waals surface area contributed by atoms with Crippen molar-refractivity contribution in [3.8, 4) is 0 Å². The highest BCUT2D eigenvalue weighted by Crippen LogP contribution is 2.40. The summed E-state index contributed by atoms with van der Waals surface area (Å²) in [5.41, 5.74) is 3.09. The summed E-state index contributed by atoms with van der Waals surface area (Å²) in [6.45, 7) is 6.32. The fourth-order valence-corrected chi connectivity index (χ4v) is 2.33. The molecule has 3 rings (SSSR count). The summed E-state index contributed by atoms with van der Waals surface area (Å²) >= 11 is 0. The number of ether oxygens (including phenoxy) is 1. The van der Waals surface area contributed by atoms with Crippen LogP contribution >= 0.6 is 0 Å². The highest BCUT2D eigenvalue weighted by atomic mass is 16.5. The first-order chi connectivity index (χ1) is 6.79. The van der Waals surface area contributed by atoms with Crippen molar-refractivity contribution in [2.24, 2.45) is 5.41 Å². The van der Waals surface area contributed by atoms with Crippen LogP contribution in [-0.4, -0.2) is 31.3 Å². The van der Waals surface area contributed by atoms with Crippen LogP contribution in [0, 0.1) is 12.3 Å². The van der Waals surface area contributed by atoms with Crippen molar-refractivity contribution in [1.82, 2.24) is 4.98 Å². The molecular weight excluding hydrogens is 176 g/mol. The van der Waals surface area contributed by atoms with Crippen molar-refractivity contribution in [1.29, 1.82) is 0 Å². The van der Waals surface area contributed by atoms with E-state index >= 15 is 0 Å². The molecule has 3 heteroatoms. The molecule has 1 aromatic rings. The first-order valence-electron chi connectivity index (χ1n) is 5.02. The third-order valence-electron chi connectivity index (χ3n) is 3.20. The van der Waals surface area contributed by atoms with E-state index < -0.39 is 0 Å². The smallest absolute Gasteiger partial charge is 0.0579 e. The molecule has 0 aliphatic carbocycles. The average molecular weight is 190 g/mol. The van der Waals surface area contributed by atoms with E-state index in [9.17, 15) is 0 Å². The van der Waals surface area contributed by atoms with E-state index in [-0.39, 0.29) is 0 Å². The van der Waals surface area contributed by atoms with Gasteiger partial charge in [0.1, 0.15) is 0 Å². The Balaban J connectivity index is 1.76. The highest BCUT2D eigenvalue weighted by Gasteiger charge is 2.49. The summed E-state index contributed by atoms with van der Waals surface area (Å²) in [4.78, 5) is 6.52. The Hall–Kier alpha value is -1.09. The van der Waals surface area contributed by atoms with Crippen LogP contribution in [0.5, 0.6) is 0 Å². The van der Waals surface area contributed by atoms with Crippen LogP contribution in [0.1, 0.15) is 5.56 Å². The fourth-order valence-electron chi connectivity index (χ4n) is 2.33. The van der Waals surface area contributed by atoms with E-state index in [1.165, 1.54) is 11.3 Å². The molecule has 74 valence electrons. The standard InChI is InChI=1S/C11H14N2O/c1-9-4-12-3-2-10(9)13-5-11(6-13)7-14-8-11/h2-4H,5-8H2,1H3. The molecule has 2 fully saturated rings. The minimum Gasteiger partial charge on any atom is -0.380 e. The number of aromatic nitrogens is 1. The van der Waals surface area contributed by atoms with E-state index in [4.69, 9.17) is 4.74 Å². The van der Waals surface area contributed by atoms with Gasteiger partial charge in [0.15, 0.2) is 0 Å². The van der Waals surface area contributed by atoms with Gasteiger partial charge in [-0.25, -0.2) is 0 Å². The van der Waals surface area contributed by atoms with Gasteiger partial charge in [0.25, 0.3) is 0 Å². The lowest BCUT2D eigenvalue weighted by atomic mass is 9.77. The van der Waals surface area contributed by atoms with Gasteiger partial charge in [0.2, 0.25) is 0 Å². The molecule has 0 N–H and O–H groups in total. The number of hydrogen-bond acceptors (Lipinski definition) is 3. The molecule has 0 radical (unpaired) electrons. The predicted molar refractivity (Wildman–Crippen MR) is 54.4 cm³/mol. The molecule has 2 aliphatic rings. The first-order valence-corrected chi connectivity index (χ1v) is 5.02. The number of nitrogens with zero attached hydrogens (tertiary/aromatic N) is 2. The molecule has 0 bridgehead atoms. The maximum absolute atomic E-state index is 5.26. The lowest BCUT2D eigenvalue weighted by Gasteiger charge is -2.56. The maximum Gasteiger partial charge on any atom is 0.0579 e. The number of pyridine rings is 1. The van der Waals surface area contributed by atoms with Crippen molar-refractivity contribution < 1.29 is 4.74 Å². The lowest BCUT2D eigenvalue weighted by molar-refractivity contribution is -0.127. The third-order valence-corrected chi connectivity index (χ3v) is 3.20. The molecule has 0 unspecified atom stereocenters. The molecule has 14 heavy (non-hydrogen) atoms. The molecule has 3 heterocycles. The van der Waals surface area contributed by atoms with E-state index in [2.05, 4.69) is 22.9 Å². The van der Waals surface area contributed by atoms with Gasteiger partial charge in [0.05, 0.1) is 18.6 Å².